The summed E-state index contributed by atoms with van der Waals surface area (Å²) in [4.78, 5) is 6.05. The molecule has 14 heavy (non-hydrogen) atoms. The van der Waals surface area contributed by atoms with Crippen LogP contribution in [0.3, 0.4) is 0 Å². The van der Waals surface area contributed by atoms with Crippen LogP contribution in [-0.4, -0.2) is 24.1 Å². The first-order chi connectivity index (χ1) is 6.79. The minimum atomic E-state index is 0.259. The summed E-state index contributed by atoms with van der Waals surface area (Å²) in [5.74, 6) is 0.259. The Morgan fingerprint density at radius 3 is 2.86 bits per heavy atom. The molecule has 2 rings (SSSR count). The fraction of sp³-hybridized carbons (Fsp3) is 0.556. The van der Waals surface area contributed by atoms with Crippen molar-refractivity contribution in [3.05, 3.63) is 12.0 Å². The molecule has 0 amide bonds. The van der Waals surface area contributed by atoms with Gasteiger partial charge in [0.1, 0.15) is 6.07 Å². The van der Waals surface area contributed by atoms with Gasteiger partial charge in [-0.1, -0.05) is 0 Å². The van der Waals surface area contributed by atoms with E-state index in [1.54, 1.807) is 0 Å². The van der Waals surface area contributed by atoms with E-state index >= 15 is 0 Å². The van der Waals surface area contributed by atoms with Gasteiger partial charge in [0.15, 0.2) is 0 Å². The summed E-state index contributed by atoms with van der Waals surface area (Å²) in [6, 6.07) is 2.74. The second kappa shape index (κ2) is 3.68. The lowest BCUT2D eigenvalue weighted by Crippen LogP contribution is -2.39. The van der Waals surface area contributed by atoms with Gasteiger partial charge in [-0.25, -0.2) is 4.98 Å². The van der Waals surface area contributed by atoms with Crippen molar-refractivity contribution in [2.45, 2.75) is 18.9 Å². The van der Waals surface area contributed by atoms with Gasteiger partial charge in [-0.2, -0.15) is 5.26 Å². The van der Waals surface area contributed by atoms with E-state index in [2.05, 4.69) is 4.98 Å². The number of nitrogens with zero attached hydrogens (tertiary/aromatic N) is 3. The van der Waals surface area contributed by atoms with Crippen LogP contribution in [0, 0.1) is 11.3 Å². The lowest BCUT2D eigenvalue weighted by atomic mass is 10.1. The molecule has 1 fully saturated rings. The Morgan fingerprint density at radius 1 is 1.57 bits per heavy atom. The van der Waals surface area contributed by atoms with E-state index in [-0.39, 0.29) is 11.8 Å². The number of hydrogen-bond donors (Lipinski definition) is 1. The molecule has 5 heteroatoms. The maximum Gasteiger partial charge on any atom is 0.298 e. The molecule has 1 aliphatic heterocycles. The summed E-state index contributed by atoms with van der Waals surface area (Å²) in [5.41, 5.74) is 5.78. The van der Waals surface area contributed by atoms with Crippen LogP contribution in [0.25, 0.3) is 0 Å². The highest BCUT2D eigenvalue weighted by Gasteiger charge is 2.19. The lowest BCUT2D eigenvalue weighted by molar-refractivity contribution is 0.454. The maximum absolute atomic E-state index is 8.57. The molecule has 1 aromatic heterocycles. The van der Waals surface area contributed by atoms with Gasteiger partial charge in [0.25, 0.3) is 6.01 Å². The van der Waals surface area contributed by atoms with Gasteiger partial charge in [-0.15, -0.1) is 0 Å². The highest BCUT2D eigenvalue weighted by Crippen LogP contribution is 2.18. The number of nitrogens with two attached hydrogens (primary N) is 1. The van der Waals surface area contributed by atoms with E-state index < -0.39 is 0 Å². The van der Waals surface area contributed by atoms with Gasteiger partial charge >= 0.3 is 0 Å². The van der Waals surface area contributed by atoms with Gasteiger partial charge < -0.3 is 15.1 Å². The van der Waals surface area contributed by atoms with E-state index in [4.69, 9.17) is 15.4 Å². The third kappa shape index (κ3) is 1.70. The number of anilines is 1. The molecule has 0 aliphatic carbocycles. The van der Waals surface area contributed by atoms with Crippen LogP contribution in [-0.2, 0) is 0 Å². The summed E-state index contributed by atoms with van der Waals surface area (Å²) in [6.45, 7) is 1.71. The molecule has 74 valence electrons. The van der Waals surface area contributed by atoms with Crippen molar-refractivity contribution >= 4 is 6.01 Å². The van der Waals surface area contributed by atoms with Crippen LogP contribution >= 0.6 is 0 Å². The fourth-order valence-corrected chi connectivity index (χ4v) is 1.55. The van der Waals surface area contributed by atoms with Gasteiger partial charge in [-0.3, -0.25) is 0 Å². The number of rotatable bonds is 1. The molecule has 0 unspecified atom stereocenters. The smallest absolute Gasteiger partial charge is 0.298 e. The molecule has 5 nitrogen and oxygen atoms in total. The Bertz CT molecular complexity index is 346. The second-order valence-corrected chi connectivity index (χ2v) is 3.44. The molecular formula is C9H12N4O. The van der Waals surface area contributed by atoms with Crippen LogP contribution in [0.15, 0.2) is 10.6 Å². The number of hydrogen-bond acceptors (Lipinski definition) is 5. The van der Waals surface area contributed by atoms with E-state index in [0.717, 1.165) is 25.9 Å². The number of oxazole rings is 1. The van der Waals surface area contributed by atoms with Crippen molar-refractivity contribution in [3.8, 4) is 6.07 Å². The van der Waals surface area contributed by atoms with Crippen molar-refractivity contribution in [2.75, 3.05) is 18.0 Å². The van der Waals surface area contributed by atoms with Gasteiger partial charge in [-0.05, 0) is 12.8 Å². The third-order valence-corrected chi connectivity index (χ3v) is 2.41. The Morgan fingerprint density at radius 2 is 2.29 bits per heavy atom. The standard InChI is InChI=1S/C9H12N4O/c10-5-8-6-12-9(14-8)13-3-1-7(11)2-4-13/h6-7H,1-4,11H2. The average molecular weight is 192 g/mol. The van der Waals surface area contributed by atoms with Crippen LogP contribution in [0.5, 0.6) is 0 Å². The zero-order chi connectivity index (χ0) is 9.97. The van der Waals surface area contributed by atoms with Crippen LogP contribution < -0.4 is 10.6 Å². The molecule has 0 saturated carbocycles. The zero-order valence-electron chi connectivity index (χ0n) is 7.81. The van der Waals surface area contributed by atoms with Gasteiger partial charge in [0.2, 0.25) is 5.76 Å². The summed E-state index contributed by atoms with van der Waals surface area (Å²) in [5, 5.41) is 8.57. The Labute approximate surface area is 82.1 Å². The minimum absolute atomic E-state index is 0.259. The molecule has 1 aliphatic rings. The molecule has 0 spiro atoms. The topological polar surface area (TPSA) is 79.1 Å². The first-order valence-electron chi connectivity index (χ1n) is 4.66. The molecule has 0 radical (unpaired) electrons. The van der Waals surface area contributed by atoms with Crippen molar-refractivity contribution in [3.63, 3.8) is 0 Å². The maximum atomic E-state index is 8.57. The van der Waals surface area contributed by atoms with Crippen molar-refractivity contribution in [1.82, 2.24) is 4.98 Å². The fourth-order valence-electron chi connectivity index (χ4n) is 1.55. The van der Waals surface area contributed by atoms with E-state index in [1.165, 1.54) is 6.20 Å². The largest absolute Gasteiger partial charge is 0.413 e. The summed E-state index contributed by atoms with van der Waals surface area (Å²) in [6.07, 6.45) is 3.35. The van der Waals surface area contributed by atoms with E-state index in [0.29, 0.717) is 6.01 Å². The molecule has 0 aromatic carbocycles. The zero-order valence-corrected chi connectivity index (χ0v) is 7.81. The first-order valence-corrected chi connectivity index (χ1v) is 4.66. The second-order valence-electron chi connectivity index (χ2n) is 3.44. The molecule has 2 heterocycles. The molecule has 1 aromatic rings. The quantitative estimate of drug-likeness (QED) is 0.699. The van der Waals surface area contributed by atoms with Gasteiger partial charge in [0.05, 0.1) is 6.20 Å². The van der Waals surface area contributed by atoms with Crippen LogP contribution in [0.2, 0.25) is 0 Å². The lowest BCUT2D eigenvalue weighted by Gasteiger charge is -2.28. The third-order valence-electron chi connectivity index (χ3n) is 2.41. The first kappa shape index (κ1) is 9.03. The summed E-state index contributed by atoms with van der Waals surface area (Å²) < 4.78 is 5.22. The predicted molar refractivity (Wildman–Crippen MR) is 50.6 cm³/mol. The van der Waals surface area contributed by atoms with Crippen molar-refractivity contribution < 1.29 is 4.42 Å². The summed E-state index contributed by atoms with van der Waals surface area (Å²) in [7, 11) is 0. The van der Waals surface area contributed by atoms with Crippen LogP contribution in [0.4, 0.5) is 6.01 Å². The molecular weight excluding hydrogens is 180 g/mol. The normalized spacial score (nSPS) is 18.1. The molecule has 0 atom stereocenters. The molecule has 1 saturated heterocycles. The van der Waals surface area contributed by atoms with Gasteiger partial charge in [0, 0.05) is 19.1 Å². The Hall–Kier alpha value is -1.54. The van der Waals surface area contributed by atoms with Crippen molar-refractivity contribution in [1.29, 1.82) is 5.26 Å². The average Bonchev–Trinajstić information content (AvgIpc) is 2.67. The number of nitriles is 1. The molecule has 2 N–H and O–H groups in total. The van der Waals surface area contributed by atoms with E-state index in [1.807, 2.05) is 11.0 Å². The predicted octanol–water partition coefficient (Wildman–Crippen LogP) is 0.474. The highest BCUT2D eigenvalue weighted by atomic mass is 16.4. The molecule has 0 bridgehead atoms. The minimum Gasteiger partial charge on any atom is -0.413 e. The van der Waals surface area contributed by atoms with E-state index in [9.17, 15) is 0 Å². The van der Waals surface area contributed by atoms with Crippen molar-refractivity contribution in [2.24, 2.45) is 5.73 Å². The number of piperidine rings is 1. The van der Waals surface area contributed by atoms with Crippen LogP contribution in [0.1, 0.15) is 18.6 Å². The Balaban J connectivity index is 2.05. The monoisotopic (exact) mass is 192 g/mol. The highest BCUT2D eigenvalue weighted by molar-refractivity contribution is 5.30. The Kier molecular flexibility index (Phi) is 2.37. The SMILES string of the molecule is N#Cc1cnc(N2CCC(N)CC2)o1. The number of aromatic nitrogens is 1. The summed E-state index contributed by atoms with van der Waals surface area (Å²) >= 11 is 0.